The number of benzene rings is 1. The number of halogens is 3. The van der Waals surface area contributed by atoms with Crippen molar-refractivity contribution >= 4 is 0 Å². The summed E-state index contributed by atoms with van der Waals surface area (Å²) in [5.41, 5.74) is 0.000677. The number of ether oxygens (including phenoxy) is 1. The standard InChI is InChI=1S/C13H17F3O/c1-4-5-17-12-7-10(9(2)3)6-11(8-12)13(14,15)16/h6-9H,4-5H2,1-3H3. The molecule has 0 spiro atoms. The summed E-state index contributed by atoms with van der Waals surface area (Å²) in [4.78, 5) is 0. The second-order valence-electron chi connectivity index (χ2n) is 4.29. The van der Waals surface area contributed by atoms with Crippen LogP contribution in [0.4, 0.5) is 13.2 Å². The molecule has 0 aliphatic carbocycles. The van der Waals surface area contributed by atoms with Gasteiger partial charge in [-0.15, -0.1) is 0 Å². The molecule has 17 heavy (non-hydrogen) atoms. The largest absolute Gasteiger partial charge is 0.494 e. The maximum Gasteiger partial charge on any atom is 0.416 e. The molecule has 0 atom stereocenters. The minimum absolute atomic E-state index is 0.0428. The van der Waals surface area contributed by atoms with Gasteiger partial charge in [0, 0.05) is 0 Å². The molecule has 0 bridgehead atoms. The quantitative estimate of drug-likeness (QED) is 0.753. The summed E-state index contributed by atoms with van der Waals surface area (Å²) in [5, 5.41) is 0. The smallest absolute Gasteiger partial charge is 0.416 e. The monoisotopic (exact) mass is 246 g/mol. The molecular weight excluding hydrogens is 229 g/mol. The van der Waals surface area contributed by atoms with Crippen LogP contribution in [0.2, 0.25) is 0 Å². The minimum Gasteiger partial charge on any atom is -0.494 e. The minimum atomic E-state index is -4.32. The van der Waals surface area contributed by atoms with E-state index in [1.54, 1.807) is 6.07 Å². The molecule has 0 aliphatic heterocycles. The van der Waals surface area contributed by atoms with E-state index in [0.717, 1.165) is 12.5 Å². The van der Waals surface area contributed by atoms with Crippen molar-refractivity contribution in [2.24, 2.45) is 0 Å². The first-order valence-electron chi connectivity index (χ1n) is 5.69. The van der Waals surface area contributed by atoms with Gasteiger partial charge in [-0.25, -0.2) is 0 Å². The first-order valence-corrected chi connectivity index (χ1v) is 5.69. The van der Waals surface area contributed by atoms with E-state index in [1.807, 2.05) is 20.8 Å². The third-order valence-electron chi connectivity index (χ3n) is 2.40. The summed E-state index contributed by atoms with van der Waals surface area (Å²) in [7, 11) is 0. The summed E-state index contributed by atoms with van der Waals surface area (Å²) in [6, 6.07) is 3.92. The average molecular weight is 246 g/mol. The molecule has 0 aromatic heterocycles. The van der Waals surface area contributed by atoms with Crippen molar-refractivity contribution in [2.45, 2.75) is 39.3 Å². The van der Waals surface area contributed by atoms with Gasteiger partial charge in [0.25, 0.3) is 0 Å². The van der Waals surface area contributed by atoms with Crippen LogP contribution in [0.5, 0.6) is 5.75 Å². The van der Waals surface area contributed by atoms with E-state index in [-0.39, 0.29) is 5.92 Å². The molecule has 0 N–H and O–H groups in total. The van der Waals surface area contributed by atoms with Crippen molar-refractivity contribution in [1.29, 1.82) is 0 Å². The highest BCUT2D eigenvalue weighted by atomic mass is 19.4. The van der Waals surface area contributed by atoms with Crippen molar-refractivity contribution in [3.63, 3.8) is 0 Å². The highest BCUT2D eigenvalue weighted by Gasteiger charge is 2.31. The Morgan fingerprint density at radius 2 is 1.82 bits per heavy atom. The van der Waals surface area contributed by atoms with E-state index < -0.39 is 11.7 Å². The Morgan fingerprint density at radius 3 is 2.29 bits per heavy atom. The molecule has 0 heterocycles. The Labute approximate surface area is 99.6 Å². The van der Waals surface area contributed by atoms with E-state index in [0.29, 0.717) is 17.9 Å². The lowest BCUT2D eigenvalue weighted by molar-refractivity contribution is -0.137. The van der Waals surface area contributed by atoms with Gasteiger partial charge >= 0.3 is 6.18 Å². The van der Waals surface area contributed by atoms with Gasteiger partial charge < -0.3 is 4.74 Å². The molecule has 0 unspecified atom stereocenters. The molecule has 0 radical (unpaired) electrons. The molecule has 0 amide bonds. The van der Waals surface area contributed by atoms with Crippen molar-refractivity contribution < 1.29 is 17.9 Å². The lowest BCUT2D eigenvalue weighted by Crippen LogP contribution is -2.07. The molecule has 1 rings (SSSR count). The molecular formula is C13H17F3O. The van der Waals surface area contributed by atoms with Crippen LogP contribution in [0.3, 0.4) is 0 Å². The highest BCUT2D eigenvalue weighted by Crippen LogP contribution is 2.34. The van der Waals surface area contributed by atoms with Crippen molar-refractivity contribution in [3.05, 3.63) is 29.3 Å². The predicted molar refractivity (Wildman–Crippen MR) is 61.3 cm³/mol. The Balaban J connectivity index is 3.10. The fourth-order valence-corrected chi connectivity index (χ4v) is 1.42. The summed E-state index contributed by atoms with van der Waals surface area (Å²) in [5.74, 6) is 0.339. The van der Waals surface area contributed by atoms with Gasteiger partial charge in [0.2, 0.25) is 0 Å². The molecule has 0 fully saturated rings. The first kappa shape index (κ1) is 13.9. The second-order valence-corrected chi connectivity index (χ2v) is 4.29. The zero-order valence-electron chi connectivity index (χ0n) is 10.3. The second kappa shape index (κ2) is 5.43. The van der Waals surface area contributed by atoms with Crippen LogP contribution in [-0.2, 0) is 6.18 Å². The van der Waals surface area contributed by atoms with Crippen LogP contribution in [0.25, 0.3) is 0 Å². The molecule has 0 saturated carbocycles. The maximum absolute atomic E-state index is 12.7. The highest BCUT2D eigenvalue weighted by molar-refractivity contribution is 5.37. The van der Waals surface area contributed by atoms with E-state index in [2.05, 4.69) is 0 Å². The molecule has 96 valence electrons. The Bertz CT molecular complexity index is 369. The van der Waals surface area contributed by atoms with Gasteiger partial charge in [-0.05, 0) is 36.1 Å². The van der Waals surface area contributed by atoms with Crippen molar-refractivity contribution in [1.82, 2.24) is 0 Å². The zero-order chi connectivity index (χ0) is 13.1. The van der Waals surface area contributed by atoms with E-state index in [9.17, 15) is 13.2 Å². The summed E-state index contributed by atoms with van der Waals surface area (Å²) < 4.78 is 43.3. The van der Waals surface area contributed by atoms with Gasteiger partial charge in [-0.1, -0.05) is 20.8 Å². The van der Waals surface area contributed by atoms with E-state index >= 15 is 0 Å². The number of alkyl halides is 3. The molecule has 0 saturated heterocycles. The van der Waals surface area contributed by atoms with Crippen LogP contribution >= 0.6 is 0 Å². The summed E-state index contributed by atoms with van der Waals surface area (Å²) >= 11 is 0. The van der Waals surface area contributed by atoms with Gasteiger partial charge in [-0.2, -0.15) is 13.2 Å². The third-order valence-corrected chi connectivity index (χ3v) is 2.40. The van der Waals surface area contributed by atoms with Gasteiger partial charge in [0.1, 0.15) is 5.75 Å². The SMILES string of the molecule is CCCOc1cc(C(C)C)cc(C(F)(F)F)c1. The van der Waals surface area contributed by atoms with E-state index in [1.165, 1.54) is 6.07 Å². The van der Waals surface area contributed by atoms with Crippen LogP contribution in [0.1, 0.15) is 44.2 Å². The topological polar surface area (TPSA) is 9.23 Å². The lowest BCUT2D eigenvalue weighted by Gasteiger charge is -2.14. The summed E-state index contributed by atoms with van der Waals surface area (Å²) in [6.45, 7) is 6.06. The lowest BCUT2D eigenvalue weighted by atomic mass is 10.00. The number of rotatable bonds is 4. The van der Waals surface area contributed by atoms with Crippen LogP contribution < -0.4 is 4.74 Å². The van der Waals surface area contributed by atoms with Crippen LogP contribution in [-0.4, -0.2) is 6.61 Å². The first-order chi connectivity index (χ1) is 7.84. The molecule has 1 aromatic rings. The molecule has 1 aromatic carbocycles. The van der Waals surface area contributed by atoms with Gasteiger partial charge in [0.05, 0.1) is 12.2 Å². The van der Waals surface area contributed by atoms with Crippen LogP contribution in [0, 0.1) is 0 Å². The van der Waals surface area contributed by atoms with Crippen LogP contribution in [0.15, 0.2) is 18.2 Å². The van der Waals surface area contributed by atoms with E-state index in [4.69, 9.17) is 4.74 Å². The Morgan fingerprint density at radius 1 is 1.18 bits per heavy atom. The zero-order valence-corrected chi connectivity index (χ0v) is 10.3. The molecule has 4 heteroatoms. The third kappa shape index (κ3) is 3.95. The molecule has 1 nitrogen and oxygen atoms in total. The maximum atomic E-state index is 12.7. The summed E-state index contributed by atoms with van der Waals surface area (Å²) in [6.07, 6.45) is -3.55. The van der Waals surface area contributed by atoms with Gasteiger partial charge in [0.15, 0.2) is 0 Å². The Kier molecular flexibility index (Phi) is 4.43. The Hall–Kier alpha value is -1.19. The van der Waals surface area contributed by atoms with Gasteiger partial charge in [-0.3, -0.25) is 0 Å². The number of hydrogen-bond donors (Lipinski definition) is 0. The molecule has 0 aliphatic rings. The predicted octanol–water partition coefficient (Wildman–Crippen LogP) is 4.62. The normalized spacial score (nSPS) is 11.9. The number of hydrogen-bond acceptors (Lipinski definition) is 1. The fourth-order valence-electron chi connectivity index (χ4n) is 1.42. The fraction of sp³-hybridized carbons (Fsp3) is 0.538. The van der Waals surface area contributed by atoms with Crippen molar-refractivity contribution in [3.8, 4) is 5.75 Å². The van der Waals surface area contributed by atoms with Crippen molar-refractivity contribution in [2.75, 3.05) is 6.61 Å². The average Bonchev–Trinajstić information content (AvgIpc) is 2.24.